The maximum Gasteiger partial charge on any atom is 0.176 e. The summed E-state index contributed by atoms with van der Waals surface area (Å²) < 4.78 is 30.0. The van der Waals surface area contributed by atoms with Gasteiger partial charge >= 0.3 is 0 Å². The van der Waals surface area contributed by atoms with Crippen molar-refractivity contribution in [1.82, 2.24) is 20.2 Å². The van der Waals surface area contributed by atoms with Gasteiger partial charge in [0.05, 0.1) is 24.3 Å². The highest BCUT2D eigenvalue weighted by Gasteiger charge is 2.19. The van der Waals surface area contributed by atoms with E-state index >= 15 is 0 Å². The first kappa shape index (κ1) is 20.4. The normalized spacial score (nSPS) is 14.6. The van der Waals surface area contributed by atoms with E-state index in [-0.39, 0.29) is 4.90 Å². The van der Waals surface area contributed by atoms with Gasteiger partial charge in [0.2, 0.25) is 0 Å². The summed E-state index contributed by atoms with van der Waals surface area (Å²) in [6.07, 6.45) is 2.77. The number of aromatic amines is 1. The van der Waals surface area contributed by atoms with Crippen molar-refractivity contribution in [2.24, 2.45) is 0 Å². The first-order valence-electron chi connectivity index (χ1n) is 10.2. The van der Waals surface area contributed by atoms with Crippen LogP contribution in [0.15, 0.2) is 59.6 Å². The first-order chi connectivity index (χ1) is 15.5. The zero-order valence-corrected chi connectivity index (χ0v) is 18.3. The van der Waals surface area contributed by atoms with Gasteiger partial charge in [-0.2, -0.15) is 5.10 Å². The molecule has 9 nitrogen and oxygen atoms in total. The summed E-state index contributed by atoms with van der Waals surface area (Å²) in [6, 6.07) is 14.8. The van der Waals surface area contributed by atoms with Crippen molar-refractivity contribution in [3.8, 4) is 11.4 Å². The molecule has 0 saturated carbocycles. The van der Waals surface area contributed by atoms with E-state index in [1.165, 1.54) is 6.26 Å². The number of morpholine rings is 1. The molecular formula is C22H22N6O3S. The van der Waals surface area contributed by atoms with Crippen molar-refractivity contribution >= 4 is 38.1 Å². The number of nitrogens with zero attached hydrogens (tertiary/aromatic N) is 4. The van der Waals surface area contributed by atoms with Gasteiger partial charge in [0.15, 0.2) is 21.5 Å². The molecule has 1 fully saturated rings. The molecule has 1 aliphatic heterocycles. The summed E-state index contributed by atoms with van der Waals surface area (Å²) in [5.41, 5.74) is 3.66. The van der Waals surface area contributed by atoms with E-state index in [1.807, 2.05) is 12.1 Å². The first-order valence-corrected chi connectivity index (χ1v) is 12.1. The van der Waals surface area contributed by atoms with Crippen LogP contribution in [0.25, 0.3) is 22.4 Å². The number of hydrogen-bond acceptors (Lipinski definition) is 8. The van der Waals surface area contributed by atoms with Gasteiger partial charge in [0.1, 0.15) is 11.0 Å². The second-order valence-corrected chi connectivity index (χ2v) is 9.55. The predicted molar refractivity (Wildman–Crippen MR) is 123 cm³/mol. The Bertz CT molecular complexity index is 1360. The minimum absolute atomic E-state index is 0.184. The van der Waals surface area contributed by atoms with Crippen molar-refractivity contribution in [2.75, 3.05) is 42.8 Å². The summed E-state index contributed by atoms with van der Waals surface area (Å²) >= 11 is 0. The highest BCUT2D eigenvalue weighted by molar-refractivity contribution is 7.90. The molecule has 5 rings (SSSR count). The maximum atomic E-state index is 12.3. The quantitative estimate of drug-likeness (QED) is 0.477. The van der Waals surface area contributed by atoms with E-state index in [1.54, 1.807) is 30.5 Å². The highest BCUT2D eigenvalue weighted by Crippen LogP contribution is 2.30. The summed E-state index contributed by atoms with van der Waals surface area (Å²) in [7, 11) is -3.45. The molecule has 10 heteroatoms. The smallest absolute Gasteiger partial charge is 0.176 e. The Balaban J connectivity index is 1.51. The Labute approximate surface area is 185 Å². The molecule has 2 N–H and O–H groups in total. The molecule has 4 aromatic rings. The van der Waals surface area contributed by atoms with E-state index in [0.29, 0.717) is 28.2 Å². The lowest BCUT2D eigenvalue weighted by Gasteiger charge is -2.28. The molecule has 0 spiro atoms. The Kier molecular flexibility index (Phi) is 5.24. The average Bonchev–Trinajstić information content (AvgIpc) is 3.29. The van der Waals surface area contributed by atoms with Crippen LogP contribution in [0.4, 0.5) is 17.2 Å². The molecule has 0 aliphatic carbocycles. The van der Waals surface area contributed by atoms with Crippen LogP contribution in [0.3, 0.4) is 0 Å². The number of nitrogens with one attached hydrogen (secondary N) is 2. The molecule has 0 radical (unpaired) electrons. The summed E-state index contributed by atoms with van der Waals surface area (Å²) in [5, 5.41) is 10.3. The Morgan fingerprint density at radius 2 is 1.78 bits per heavy atom. The number of aromatic nitrogens is 4. The number of H-pyrrole nitrogens is 1. The third-order valence-electron chi connectivity index (χ3n) is 5.33. The molecule has 1 saturated heterocycles. The van der Waals surface area contributed by atoms with Crippen LogP contribution in [0.1, 0.15) is 0 Å². The lowest BCUT2D eigenvalue weighted by molar-refractivity contribution is 0.122. The van der Waals surface area contributed by atoms with Crippen molar-refractivity contribution in [2.45, 2.75) is 4.90 Å². The molecule has 2 aromatic heterocycles. The molecule has 164 valence electrons. The topological polar surface area (TPSA) is 113 Å². The SMILES string of the molecule is CS(=O)(=O)c1ccccc1-c1nc(Nc2ccc(N3CCOCC3)cc2)c2[nH]ncc2n1. The van der Waals surface area contributed by atoms with Crippen LogP contribution in [0, 0.1) is 0 Å². The number of rotatable bonds is 5. The highest BCUT2D eigenvalue weighted by atomic mass is 32.2. The van der Waals surface area contributed by atoms with Gasteiger partial charge in [0.25, 0.3) is 0 Å². The number of hydrogen-bond donors (Lipinski definition) is 2. The number of ether oxygens (including phenoxy) is 1. The van der Waals surface area contributed by atoms with Crippen LogP contribution < -0.4 is 10.2 Å². The lowest BCUT2D eigenvalue weighted by atomic mass is 10.2. The van der Waals surface area contributed by atoms with Gasteiger partial charge in [0, 0.05) is 36.3 Å². The summed E-state index contributed by atoms with van der Waals surface area (Å²) in [6.45, 7) is 3.21. The van der Waals surface area contributed by atoms with E-state index in [9.17, 15) is 8.42 Å². The standard InChI is InChI=1S/C22H22N6O3S/c1-32(29,30)19-5-3-2-4-17(19)21-25-18-14-23-27-20(18)22(26-21)24-15-6-8-16(9-7-15)28-10-12-31-13-11-28/h2-9,14H,10-13H2,1H3,(H,23,27)(H,24,25,26). The average molecular weight is 451 g/mol. The zero-order valence-electron chi connectivity index (χ0n) is 17.4. The van der Waals surface area contributed by atoms with Crippen molar-refractivity contribution in [1.29, 1.82) is 0 Å². The van der Waals surface area contributed by atoms with Gasteiger partial charge in [-0.25, -0.2) is 18.4 Å². The number of fused-ring (bicyclic) bond motifs is 1. The largest absolute Gasteiger partial charge is 0.378 e. The van der Waals surface area contributed by atoms with Gasteiger partial charge < -0.3 is 15.0 Å². The molecule has 2 aromatic carbocycles. The zero-order chi connectivity index (χ0) is 22.1. The van der Waals surface area contributed by atoms with Crippen LogP contribution >= 0.6 is 0 Å². The van der Waals surface area contributed by atoms with Gasteiger partial charge in [-0.15, -0.1) is 0 Å². The molecular weight excluding hydrogens is 428 g/mol. The van der Waals surface area contributed by atoms with Gasteiger partial charge in [-0.1, -0.05) is 12.1 Å². The predicted octanol–water partition coefficient (Wildman–Crippen LogP) is 3.00. The summed E-state index contributed by atoms with van der Waals surface area (Å²) in [5.74, 6) is 0.831. The number of sulfone groups is 1. The van der Waals surface area contributed by atoms with E-state index in [4.69, 9.17) is 4.74 Å². The van der Waals surface area contributed by atoms with Crippen LogP contribution in [-0.4, -0.2) is 61.1 Å². The Hall–Kier alpha value is -3.50. The van der Waals surface area contributed by atoms with Crippen LogP contribution in [0.5, 0.6) is 0 Å². The fourth-order valence-electron chi connectivity index (χ4n) is 3.74. The van der Waals surface area contributed by atoms with E-state index in [0.717, 1.165) is 37.7 Å². The van der Waals surface area contributed by atoms with Crippen molar-refractivity contribution < 1.29 is 13.2 Å². The third-order valence-corrected chi connectivity index (χ3v) is 6.49. The number of anilines is 3. The molecule has 1 aliphatic rings. The van der Waals surface area contributed by atoms with Crippen LogP contribution in [0.2, 0.25) is 0 Å². The second kappa shape index (κ2) is 8.21. The van der Waals surface area contributed by atoms with Crippen molar-refractivity contribution in [3.63, 3.8) is 0 Å². The van der Waals surface area contributed by atoms with E-state index in [2.05, 4.69) is 42.5 Å². The summed E-state index contributed by atoms with van der Waals surface area (Å²) in [4.78, 5) is 11.6. The maximum absolute atomic E-state index is 12.3. The lowest BCUT2D eigenvalue weighted by Crippen LogP contribution is -2.36. The Morgan fingerprint density at radius 1 is 1.03 bits per heavy atom. The van der Waals surface area contributed by atoms with Gasteiger partial charge in [-0.05, 0) is 36.4 Å². The fraction of sp³-hybridized carbons (Fsp3) is 0.227. The molecule has 0 atom stereocenters. The fourth-order valence-corrected chi connectivity index (χ4v) is 4.62. The Morgan fingerprint density at radius 3 is 2.53 bits per heavy atom. The van der Waals surface area contributed by atoms with Crippen molar-refractivity contribution in [3.05, 3.63) is 54.7 Å². The minimum Gasteiger partial charge on any atom is -0.378 e. The molecule has 0 unspecified atom stereocenters. The van der Waals surface area contributed by atoms with Gasteiger partial charge in [-0.3, -0.25) is 5.10 Å². The molecule has 3 heterocycles. The van der Waals surface area contributed by atoms with Crippen LogP contribution in [-0.2, 0) is 14.6 Å². The molecule has 32 heavy (non-hydrogen) atoms. The third kappa shape index (κ3) is 4.02. The monoisotopic (exact) mass is 450 g/mol. The van der Waals surface area contributed by atoms with E-state index < -0.39 is 9.84 Å². The minimum atomic E-state index is -3.45. The number of benzene rings is 2. The molecule has 0 amide bonds. The molecule has 0 bridgehead atoms. The second-order valence-electron chi connectivity index (χ2n) is 7.57.